The van der Waals surface area contributed by atoms with Crippen LogP contribution in [0.4, 0.5) is 0 Å². The van der Waals surface area contributed by atoms with E-state index in [1.54, 1.807) is 6.07 Å². The van der Waals surface area contributed by atoms with Gasteiger partial charge in [0, 0.05) is 16.5 Å². The predicted molar refractivity (Wildman–Crippen MR) is 101 cm³/mol. The van der Waals surface area contributed by atoms with Crippen molar-refractivity contribution >= 4 is 46.7 Å². The summed E-state index contributed by atoms with van der Waals surface area (Å²) < 4.78 is 10.7. The molecule has 6 nitrogen and oxygen atoms in total. The maximum atomic E-state index is 6.07. The van der Waals surface area contributed by atoms with Crippen LogP contribution in [0.1, 0.15) is 5.89 Å². The van der Waals surface area contributed by atoms with Crippen molar-refractivity contribution in [1.82, 2.24) is 20.2 Å². The SMILES string of the molecule is Sc1cc2cc(OCc3nnco3)ccc2nc1-c1cc(Cl)c(Cl)cn1. The van der Waals surface area contributed by atoms with E-state index in [0.29, 0.717) is 38.0 Å². The van der Waals surface area contributed by atoms with Gasteiger partial charge in [0.25, 0.3) is 5.89 Å². The van der Waals surface area contributed by atoms with Gasteiger partial charge in [0.15, 0.2) is 6.61 Å². The molecule has 4 rings (SSSR count). The molecule has 0 atom stereocenters. The molecule has 0 aliphatic heterocycles. The Morgan fingerprint density at radius 1 is 1.12 bits per heavy atom. The van der Waals surface area contributed by atoms with Gasteiger partial charge in [-0.15, -0.1) is 22.8 Å². The molecule has 130 valence electrons. The molecule has 0 N–H and O–H groups in total. The summed E-state index contributed by atoms with van der Waals surface area (Å²) in [6, 6.07) is 9.09. The van der Waals surface area contributed by atoms with Gasteiger partial charge < -0.3 is 9.15 Å². The lowest BCUT2D eigenvalue weighted by molar-refractivity contribution is 0.263. The second-order valence-electron chi connectivity index (χ2n) is 5.32. The van der Waals surface area contributed by atoms with Crippen LogP contribution in [-0.2, 0) is 6.61 Å². The molecule has 0 amide bonds. The highest BCUT2D eigenvalue weighted by atomic mass is 35.5. The third-order valence-corrected chi connectivity index (χ3v) is 4.64. The predicted octanol–water partition coefficient (Wildman–Crippen LogP) is 4.85. The second-order valence-corrected chi connectivity index (χ2v) is 6.61. The van der Waals surface area contributed by atoms with Crippen molar-refractivity contribution in [3.05, 3.63) is 58.9 Å². The molecule has 3 heterocycles. The van der Waals surface area contributed by atoms with Gasteiger partial charge in [-0.25, -0.2) is 4.98 Å². The van der Waals surface area contributed by atoms with Gasteiger partial charge in [-0.2, -0.15) is 0 Å². The standard InChI is InChI=1S/C17H10Cl2N4O2S/c18-11-5-14(20-6-12(11)19)17-15(26)4-9-3-10(1-2-13(9)22-17)24-7-16-23-21-8-25-16/h1-6,8,26H,7H2. The van der Waals surface area contributed by atoms with E-state index in [-0.39, 0.29) is 6.61 Å². The van der Waals surface area contributed by atoms with Gasteiger partial charge in [0.05, 0.1) is 21.3 Å². The highest BCUT2D eigenvalue weighted by molar-refractivity contribution is 7.80. The monoisotopic (exact) mass is 404 g/mol. The summed E-state index contributed by atoms with van der Waals surface area (Å²) in [6.07, 6.45) is 2.75. The summed E-state index contributed by atoms with van der Waals surface area (Å²) in [6.45, 7) is 0.192. The van der Waals surface area contributed by atoms with Crippen molar-refractivity contribution in [3.8, 4) is 17.1 Å². The average Bonchev–Trinajstić information content (AvgIpc) is 3.15. The molecule has 1 aromatic carbocycles. The normalized spacial score (nSPS) is 11.0. The van der Waals surface area contributed by atoms with Crippen LogP contribution in [0.5, 0.6) is 5.75 Å². The first-order valence-corrected chi connectivity index (χ1v) is 8.63. The van der Waals surface area contributed by atoms with E-state index in [1.165, 1.54) is 12.6 Å². The van der Waals surface area contributed by atoms with Crippen molar-refractivity contribution in [2.24, 2.45) is 0 Å². The Bertz CT molecular complexity index is 1090. The lowest BCUT2D eigenvalue weighted by Gasteiger charge is -2.09. The zero-order chi connectivity index (χ0) is 18.1. The maximum absolute atomic E-state index is 6.07. The topological polar surface area (TPSA) is 73.9 Å². The number of rotatable bonds is 4. The van der Waals surface area contributed by atoms with Crippen LogP contribution in [-0.4, -0.2) is 20.2 Å². The Labute approximate surface area is 163 Å². The molecule has 0 aliphatic carbocycles. The van der Waals surface area contributed by atoms with Crippen molar-refractivity contribution in [2.75, 3.05) is 0 Å². The first-order valence-electron chi connectivity index (χ1n) is 7.43. The molecular weight excluding hydrogens is 395 g/mol. The van der Waals surface area contributed by atoms with Gasteiger partial charge in [-0.1, -0.05) is 23.2 Å². The van der Waals surface area contributed by atoms with Crippen LogP contribution >= 0.6 is 35.8 Å². The molecule has 26 heavy (non-hydrogen) atoms. The van der Waals surface area contributed by atoms with Crippen LogP contribution in [0.3, 0.4) is 0 Å². The van der Waals surface area contributed by atoms with Gasteiger partial charge in [0.1, 0.15) is 11.4 Å². The zero-order valence-corrected chi connectivity index (χ0v) is 15.5. The van der Waals surface area contributed by atoms with Crippen molar-refractivity contribution < 1.29 is 9.15 Å². The Morgan fingerprint density at radius 3 is 2.77 bits per heavy atom. The minimum Gasteiger partial charge on any atom is -0.484 e. The highest BCUT2D eigenvalue weighted by Crippen LogP contribution is 2.31. The van der Waals surface area contributed by atoms with E-state index in [2.05, 4.69) is 32.8 Å². The molecule has 0 saturated heterocycles. The van der Waals surface area contributed by atoms with Crippen LogP contribution in [0.2, 0.25) is 10.0 Å². The van der Waals surface area contributed by atoms with Crippen LogP contribution in [0.25, 0.3) is 22.3 Å². The summed E-state index contributed by atoms with van der Waals surface area (Å²) in [7, 11) is 0. The smallest absolute Gasteiger partial charge is 0.253 e. The summed E-state index contributed by atoms with van der Waals surface area (Å²) >= 11 is 16.5. The van der Waals surface area contributed by atoms with E-state index in [1.807, 2.05) is 24.3 Å². The summed E-state index contributed by atoms with van der Waals surface area (Å²) in [5, 5.41) is 9.06. The van der Waals surface area contributed by atoms with Crippen LogP contribution < -0.4 is 4.74 Å². The molecule has 4 aromatic rings. The van der Waals surface area contributed by atoms with Gasteiger partial charge in [0.2, 0.25) is 6.39 Å². The molecule has 0 unspecified atom stereocenters. The fourth-order valence-corrected chi connectivity index (χ4v) is 2.93. The van der Waals surface area contributed by atoms with Crippen LogP contribution in [0.15, 0.2) is 52.2 Å². The maximum Gasteiger partial charge on any atom is 0.253 e. The van der Waals surface area contributed by atoms with Crippen molar-refractivity contribution in [3.63, 3.8) is 0 Å². The minimum absolute atomic E-state index is 0.192. The molecule has 9 heteroatoms. The number of pyridine rings is 2. The fraction of sp³-hybridized carbons (Fsp3) is 0.0588. The number of fused-ring (bicyclic) bond motifs is 1. The second kappa shape index (κ2) is 7.11. The Hall–Kier alpha value is -2.35. The highest BCUT2D eigenvalue weighted by Gasteiger charge is 2.11. The van der Waals surface area contributed by atoms with Gasteiger partial charge in [-0.3, -0.25) is 4.98 Å². The summed E-state index contributed by atoms with van der Waals surface area (Å²) in [5.74, 6) is 1.06. The molecule has 0 fully saturated rings. The molecule has 0 spiro atoms. The first-order chi connectivity index (χ1) is 12.6. The number of thiol groups is 1. The number of benzene rings is 1. The Kier molecular flexibility index (Phi) is 4.67. The summed E-state index contributed by atoms with van der Waals surface area (Å²) in [5.41, 5.74) is 2.00. The molecule has 0 radical (unpaired) electrons. The minimum atomic E-state index is 0.192. The number of nitrogens with zero attached hydrogens (tertiary/aromatic N) is 4. The van der Waals surface area contributed by atoms with E-state index in [9.17, 15) is 0 Å². The van der Waals surface area contributed by atoms with E-state index >= 15 is 0 Å². The van der Waals surface area contributed by atoms with E-state index < -0.39 is 0 Å². The van der Waals surface area contributed by atoms with Crippen molar-refractivity contribution in [1.29, 1.82) is 0 Å². The fourth-order valence-electron chi connectivity index (χ4n) is 2.37. The number of hydrogen-bond donors (Lipinski definition) is 1. The molecule has 0 saturated carbocycles. The van der Waals surface area contributed by atoms with E-state index in [0.717, 1.165) is 10.9 Å². The lowest BCUT2D eigenvalue weighted by atomic mass is 10.1. The lowest BCUT2D eigenvalue weighted by Crippen LogP contribution is -1.96. The quantitative estimate of drug-likeness (QED) is 0.489. The molecular formula is C17H10Cl2N4O2S. The van der Waals surface area contributed by atoms with Gasteiger partial charge in [-0.05, 0) is 30.3 Å². The van der Waals surface area contributed by atoms with Gasteiger partial charge >= 0.3 is 0 Å². The van der Waals surface area contributed by atoms with Crippen molar-refractivity contribution in [2.45, 2.75) is 11.5 Å². The number of ether oxygens (including phenoxy) is 1. The first kappa shape index (κ1) is 17.1. The Morgan fingerprint density at radius 2 is 2.00 bits per heavy atom. The molecule has 0 aliphatic rings. The zero-order valence-electron chi connectivity index (χ0n) is 13.1. The number of hydrogen-bond acceptors (Lipinski definition) is 7. The van der Waals surface area contributed by atoms with E-state index in [4.69, 9.17) is 32.4 Å². The Balaban J connectivity index is 1.66. The average molecular weight is 405 g/mol. The largest absolute Gasteiger partial charge is 0.484 e. The molecule has 3 aromatic heterocycles. The molecule has 0 bridgehead atoms. The third kappa shape index (κ3) is 3.46. The summed E-state index contributed by atoms with van der Waals surface area (Å²) in [4.78, 5) is 9.57. The number of halogens is 2. The van der Waals surface area contributed by atoms with Crippen LogP contribution in [0, 0.1) is 0 Å². The number of aromatic nitrogens is 4. The third-order valence-electron chi connectivity index (χ3n) is 3.58.